The maximum absolute atomic E-state index is 10.9. The molecule has 4 heteroatoms. The van der Waals surface area contributed by atoms with E-state index in [4.69, 9.17) is 5.11 Å². The van der Waals surface area contributed by atoms with Crippen molar-refractivity contribution in [3.63, 3.8) is 0 Å². The van der Waals surface area contributed by atoms with Crippen molar-refractivity contribution in [2.75, 3.05) is 11.9 Å². The summed E-state index contributed by atoms with van der Waals surface area (Å²) in [4.78, 5) is 14.9. The van der Waals surface area contributed by atoms with Crippen LogP contribution in [0.1, 0.15) is 30.1 Å². The highest BCUT2D eigenvalue weighted by molar-refractivity contribution is 5.93. The molecule has 0 saturated heterocycles. The summed E-state index contributed by atoms with van der Waals surface area (Å²) in [7, 11) is 0. The predicted molar refractivity (Wildman–Crippen MR) is 61.6 cm³/mol. The molecule has 0 amide bonds. The number of carboxylic acids is 1. The van der Waals surface area contributed by atoms with Crippen LogP contribution < -0.4 is 5.32 Å². The number of nitrogens with one attached hydrogen (secondary N) is 1. The van der Waals surface area contributed by atoms with Gasteiger partial charge in [-0.25, -0.2) is 4.79 Å². The Balaban J connectivity index is 1.99. The van der Waals surface area contributed by atoms with Crippen molar-refractivity contribution in [1.82, 2.24) is 4.98 Å². The molecule has 0 aromatic carbocycles. The molecule has 1 unspecified atom stereocenters. The maximum atomic E-state index is 10.9. The molecular formula is C12H16N2O2. The first-order chi connectivity index (χ1) is 7.68. The van der Waals surface area contributed by atoms with Gasteiger partial charge in [-0.2, -0.15) is 0 Å². The Bertz CT molecular complexity index is 388. The molecule has 86 valence electrons. The molecule has 1 aliphatic carbocycles. The zero-order valence-electron chi connectivity index (χ0n) is 9.31. The molecule has 0 radical (unpaired) electrons. The van der Waals surface area contributed by atoms with Crippen LogP contribution in [0.25, 0.3) is 0 Å². The molecule has 1 aromatic rings. The lowest BCUT2D eigenvalue weighted by Crippen LogP contribution is -2.15. The Morgan fingerprint density at radius 3 is 3.06 bits per heavy atom. The molecule has 1 heterocycles. The van der Waals surface area contributed by atoms with Crippen molar-refractivity contribution >= 4 is 11.7 Å². The van der Waals surface area contributed by atoms with Crippen LogP contribution >= 0.6 is 0 Å². The largest absolute Gasteiger partial charge is 0.478 e. The quantitative estimate of drug-likeness (QED) is 0.798. The number of rotatable bonds is 5. The van der Waals surface area contributed by atoms with Crippen molar-refractivity contribution in [3.05, 3.63) is 24.0 Å². The number of carboxylic acid groups (broad SMARTS) is 1. The molecule has 16 heavy (non-hydrogen) atoms. The van der Waals surface area contributed by atoms with E-state index in [1.54, 1.807) is 6.20 Å². The second-order valence-electron chi connectivity index (χ2n) is 4.42. The highest BCUT2D eigenvalue weighted by Gasteiger charge is 2.27. The normalized spacial score (nSPS) is 16.8. The van der Waals surface area contributed by atoms with Gasteiger partial charge in [-0.1, -0.05) is 6.92 Å². The van der Waals surface area contributed by atoms with Crippen LogP contribution in [0.5, 0.6) is 0 Å². The van der Waals surface area contributed by atoms with Gasteiger partial charge in [0.15, 0.2) is 0 Å². The van der Waals surface area contributed by atoms with Gasteiger partial charge in [0.1, 0.15) is 0 Å². The van der Waals surface area contributed by atoms with Gasteiger partial charge < -0.3 is 10.4 Å². The van der Waals surface area contributed by atoms with Gasteiger partial charge in [0.05, 0.1) is 17.4 Å². The van der Waals surface area contributed by atoms with Crippen LogP contribution in [-0.4, -0.2) is 22.6 Å². The van der Waals surface area contributed by atoms with E-state index in [1.165, 1.54) is 25.1 Å². The fourth-order valence-electron chi connectivity index (χ4n) is 1.82. The number of hydrogen-bond donors (Lipinski definition) is 2. The first-order valence-electron chi connectivity index (χ1n) is 5.59. The van der Waals surface area contributed by atoms with Gasteiger partial charge in [0.2, 0.25) is 0 Å². The monoisotopic (exact) mass is 220 g/mol. The number of anilines is 1. The Morgan fingerprint density at radius 1 is 1.69 bits per heavy atom. The summed E-state index contributed by atoms with van der Waals surface area (Å²) in [6.07, 6.45) is 5.69. The van der Waals surface area contributed by atoms with Gasteiger partial charge >= 0.3 is 5.97 Å². The number of hydrogen-bond acceptors (Lipinski definition) is 3. The smallest absolute Gasteiger partial charge is 0.337 e. The van der Waals surface area contributed by atoms with E-state index in [0.29, 0.717) is 11.6 Å². The fraction of sp³-hybridized carbons (Fsp3) is 0.500. The third-order valence-electron chi connectivity index (χ3n) is 3.09. The van der Waals surface area contributed by atoms with Crippen LogP contribution in [0.3, 0.4) is 0 Å². The fourth-order valence-corrected chi connectivity index (χ4v) is 1.82. The average Bonchev–Trinajstić information content (AvgIpc) is 3.10. The highest BCUT2D eigenvalue weighted by Crippen LogP contribution is 2.36. The second-order valence-corrected chi connectivity index (χ2v) is 4.42. The minimum absolute atomic E-state index is 0.290. The minimum atomic E-state index is -0.913. The van der Waals surface area contributed by atoms with Gasteiger partial charge in [-0.15, -0.1) is 0 Å². The lowest BCUT2D eigenvalue weighted by Gasteiger charge is -2.13. The minimum Gasteiger partial charge on any atom is -0.478 e. The van der Waals surface area contributed by atoms with Gasteiger partial charge in [-0.3, -0.25) is 4.98 Å². The molecule has 1 fully saturated rings. The van der Waals surface area contributed by atoms with E-state index >= 15 is 0 Å². The van der Waals surface area contributed by atoms with E-state index in [9.17, 15) is 4.79 Å². The van der Waals surface area contributed by atoms with E-state index in [2.05, 4.69) is 17.2 Å². The predicted octanol–water partition coefficient (Wildman–Crippen LogP) is 2.24. The van der Waals surface area contributed by atoms with E-state index < -0.39 is 5.97 Å². The van der Waals surface area contributed by atoms with Crippen molar-refractivity contribution in [1.29, 1.82) is 0 Å². The lowest BCUT2D eigenvalue weighted by atomic mass is 10.1. The summed E-state index contributed by atoms with van der Waals surface area (Å²) >= 11 is 0. The Labute approximate surface area is 94.7 Å². The molecular weight excluding hydrogens is 204 g/mol. The molecule has 0 aliphatic heterocycles. The van der Waals surface area contributed by atoms with E-state index in [0.717, 1.165) is 12.5 Å². The Morgan fingerprint density at radius 2 is 2.44 bits per heavy atom. The van der Waals surface area contributed by atoms with Crippen LogP contribution in [0, 0.1) is 11.8 Å². The summed E-state index contributed by atoms with van der Waals surface area (Å²) in [6.45, 7) is 3.01. The van der Waals surface area contributed by atoms with Crippen molar-refractivity contribution in [2.24, 2.45) is 11.8 Å². The van der Waals surface area contributed by atoms with Gasteiger partial charge in [-0.05, 0) is 30.7 Å². The van der Waals surface area contributed by atoms with Gasteiger partial charge in [0, 0.05) is 12.7 Å². The summed E-state index contributed by atoms with van der Waals surface area (Å²) in [5, 5.41) is 12.2. The number of aromatic carboxylic acids is 1. The highest BCUT2D eigenvalue weighted by atomic mass is 16.4. The third-order valence-corrected chi connectivity index (χ3v) is 3.09. The molecule has 1 saturated carbocycles. The van der Waals surface area contributed by atoms with E-state index in [-0.39, 0.29) is 5.56 Å². The topological polar surface area (TPSA) is 62.2 Å². The summed E-state index contributed by atoms with van der Waals surface area (Å²) in [5.41, 5.74) is 0.903. The summed E-state index contributed by atoms with van der Waals surface area (Å²) < 4.78 is 0. The molecule has 1 atom stereocenters. The molecule has 1 aliphatic rings. The number of aromatic nitrogens is 1. The van der Waals surface area contributed by atoms with Crippen LogP contribution in [0.15, 0.2) is 18.5 Å². The first kappa shape index (κ1) is 10.9. The molecule has 0 spiro atoms. The van der Waals surface area contributed by atoms with Crippen LogP contribution in [0.4, 0.5) is 5.69 Å². The first-order valence-corrected chi connectivity index (χ1v) is 5.59. The molecule has 4 nitrogen and oxygen atoms in total. The SMILES string of the molecule is CC(CNc1cnccc1C(=O)O)C1CC1. The zero-order chi connectivity index (χ0) is 11.5. The summed E-state index contributed by atoms with van der Waals surface area (Å²) in [5.74, 6) is 0.503. The Hall–Kier alpha value is -1.58. The number of carbonyl (C=O) groups is 1. The standard InChI is InChI=1S/C12H16N2O2/c1-8(9-2-3-9)6-14-11-7-13-5-4-10(11)12(15)16/h4-5,7-9,14H,2-3,6H2,1H3,(H,15,16). The van der Waals surface area contributed by atoms with Gasteiger partial charge in [0.25, 0.3) is 0 Å². The zero-order valence-corrected chi connectivity index (χ0v) is 9.31. The second kappa shape index (κ2) is 4.51. The average molecular weight is 220 g/mol. The number of nitrogens with zero attached hydrogens (tertiary/aromatic N) is 1. The lowest BCUT2D eigenvalue weighted by molar-refractivity contribution is 0.0698. The molecule has 1 aromatic heterocycles. The molecule has 2 rings (SSSR count). The molecule has 0 bridgehead atoms. The van der Waals surface area contributed by atoms with Crippen LogP contribution in [-0.2, 0) is 0 Å². The number of pyridine rings is 1. The third kappa shape index (κ3) is 2.51. The van der Waals surface area contributed by atoms with Crippen molar-refractivity contribution in [3.8, 4) is 0 Å². The maximum Gasteiger partial charge on any atom is 0.337 e. The van der Waals surface area contributed by atoms with Crippen molar-refractivity contribution < 1.29 is 9.90 Å². The van der Waals surface area contributed by atoms with Crippen LogP contribution in [0.2, 0.25) is 0 Å². The van der Waals surface area contributed by atoms with E-state index in [1.807, 2.05) is 0 Å². The van der Waals surface area contributed by atoms with Crippen molar-refractivity contribution in [2.45, 2.75) is 19.8 Å². The Kier molecular flexibility index (Phi) is 3.08. The molecule has 2 N–H and O–H groups in total. The summed E-state index contributed by atoms with van der Waals surface area (Å²) in [6, 6.07) is 1.52.